The second-order valence-electron chi connectivity index (χ2n) is 11.1. The number of nitrogens with one attached hydrogen (secondary N) is 1. The third kappa shape index (κ3) is 7.20. The number of rotatable bonds is 11. The van der Waals surface area contributed by atoms with Gasteiger partial charge in [-0.1, -0.05) is 38.5 Å². The molecule has 2 aliphatic rings. The molecule has 0 aliphatic carbocycles. The first-order valence-electron chi connectivity index (χ1n) is 14.0. The topological polar surface area (TPSA) is 88.2 Å². The van der Waals surface area contributed by atoms with Gasteiger partial charge in [0.05, 0.1) is 25.7 Å². The van der Waals surface area contributed by atoms with E-state index in [2.05, 4.69) is 30.1 Å². The number of benzene rings is 2. The molecule has 0 amide bonds. The summed E-state index contributed by atoms with van der Waals surface area (Å²) in [6.45, 7) is 7.92. The molecule has 3 atom stereocenters. The van der Waals surface area contributed by atoms with Crippen LogP contribution >= 0.6 is 0 Å². The van der Waals surface area contributed by atoms with Gasteiger partial charge in [0.2, 0.25) is 10.0 Å². The number of ketones is 1. The second-order valence-corrected chi connectivity index (χ2v) is 13.0. The van der Waals surface area contributed by atoms with Crippen molar-refractivity contribution in [2.24, 2.45) is 11.8 Å². The van der Waals surface area contributed by atoms with Gasteiger partial charge in [0, 0.05) is 31.2 Å². The zero-order valence-corrected chi connectivity index (χ0v) is 24.5. The molecule has 8 nitrogen and oxygen atoms in total. The monoisotopic (exact) mass is 557 g/mol. The van der Waals surface area contributed by atoms with E-state index in [0.29, 0.717) is 48.5 Å². The molecule has 2 aliphatic heterocycles. The van der Waals surface area contributed by atoms with Gasteiger partial charge < -0.3 is 14.8 Å². The van der Waals surface area contributed by atoms with E-state index < -0.39 is 10.0 Å². The van der Waals surface area contributed by atoms with Crippen LogP contribution in [0.4, 0.5) is 0 Å². The number of carbonyl (C=O) groups excluding carboxylic acids is 1. The summed E-state index contributed by atoms with van der Waals surface area (Å²) in [5.74, 6) is 1.87. The predicted molar refractivity (Wildman–Crippen MR) is 153 cm³/mol. The fraction of sp³-hybridized carbons (Fsp3) is 0.567. The maximum absolute atomic E-state index is 13.4. The Bertz CT molecular complexity index is 1220. The fourth-order valence-corrected chi connectivity index (χ4v) is 7.68. The normalized spacial score (nSPS) is 21.8. The number of piperidine rings is 2. The third-order valence-corrected chi connectivity index (χ3v) is 9.70. The van der Waals surface area contributed by atoms with Gasteiger partial charge in [-0.05, 0) is 74.0 Å². The van der Waals surface area contributed by atoms with Crippen LogP contribution in [0, 0.1) is 11.8 Å². The lowest BCUT2D eigenvalue weighted by molar-refractivity contribution is 0.0983. The number of sulfonamides is 1. The molecule has 0 bridgehead atoms. The molecule has 0 spiro atoms. The minimum Gasteiger partial charge on any atom is -0.493 e. The van der Waals surface area contributed by atoms with E-state index >= 15 is 0 Å². The lowest BCUT2D eigenvalue weighted by Crippen LogP contribution is -2.42. The molecule has 214 valence electrons. The summed E-state index contributed by atoms with van der Waals surface area (Å²) in [6.07, 6.45) is 4.56. The number of likely N-dealkylation sites (tertiary alicyclic amines) is 1. The first-order chi connectivity index (χ1) is 18.7. The first kappa shape index (κ1) is 29.5. The van der Waals surface area contributed by atoms with Crippen molar-refractivity contribution in [3.63, 3.8) is 0 Å². The van der Waals surface area contributed by atoms with Gasteiger partial charge >= 0.3 is 0 Å². The summed E-state index contributed by atoms with van der Waals surface area (Å²) in [6, 6.07) is 12.5. The summed E-state index contributed by atoms with van der Waals surface area (Å²) in [7, 11) is -0.389. The smallest absolute Gasteiger partial charge is 0.243 e. The molecule has 3 unspecified atom stereocenters. The summed E-state index contributed by atoms with van der Waals surface area (Å²) in [5, 5.41) is 3.36. The fourth-order valence-electron chi connectivity index (χ4n) is 5.95. The largest absolute Gasteiger partial charge is 0.493 e. The van der Waals surface area contributed by atoms with Crippen molar-refractivity contribution in [1.82, 2.24) is 14.5 Å². The molecular formula is C30H43N3O5S. The Hall–Kier alpha value is -2.46. The molecule has 2 saturated heterocycles. The van der Waals surface area contributed by atoms with Crippen LogP contribution in [0.1, 0.15) is 61.5 Å². The molecule has 2 heterocycles. The van der Waals surface area contributed by atoms with Gasteiger partial charge in [-0.3, -0.25) is 9.69 Å². The van der Waals surface area contributed by atoms with Gasteiger partial charge in [-0.15, -0.1) is 0 Å². The molecule has 0 radical (unpaired) electrons. The van der Waals surface area contributed by atoms with Crippen LogP contribution < -0.4 is 14.8 Å². The number of ether oxygens (including phenoxy) is 2. The van der Waals surface area contributed by atoms with Crippen molar-refractivity contribution < 1.29 is 22.7 Å². The summed E-state index contributed by atoms with van der Waals surface area (Å²) >= 11 is 0. The highest BCUT2D eigenvalue weighted by atomic mass is 32.2. The molecule has 0 saturated carbocycles. The highest BCUT2D eigenvalue weighted by Crippen LogP contribution is 2.33. The van der Waals surface area contributed by atoms with Crippen molar-refractivity contribution in [1.29, 1.82) is 0 Å². The molecule has 4 rings (SSSR count). The van der Waals surface area contributed by atoms with Crippen LogP contribution in [0.2, 0.25) is 0 Å². The standard InChI is InChI=1S/C30H43N3O5S/c1-22-15-23(2)21-33(20-22)39(35,36)26-10-8-9-25(16-26)28(34)19-31-18-27(32-13-6-5-7-14-32)24-11-12-29(37-3)30(17-24)38-4/h8-12,16-17,22-23,27,31H,5-7,13-15,18-21H2,1-4H3. The van der Waals surface area contributed by atoms with Gasteiger partial charge in [0.25, 0.3) is 0 Å². The van der Waals surface area contributed by atoms with Crippen molar-refractivity contribution in [3.05, 3.63) is 53.6 Å². The lowest BCUT2D eigenvalue weighted by Gasteiger charge is -2.35. The number of hydrogen-bond acceptors (Lipinski definition) is 7. The van der Waals surface area contributed by atoms with Gasteiger partial charge in [-0.2, -0.15) is 4.31 Å². The average molecular weight is 558 g/mol. The SMILES string of the molecule is COc1ccc(C(CNCC(=O)c2cccc(S(=O)(=O)N3CC(C)CC(C)C3)c2)N2CCCCC2)cc1OC. The van der Waals surface area contributed by atoms with Crippen molar-refractivity contribution in [2.45, 2.75) is 50.5 Å². The summed E-state index contributed by atoms with van der Waals surface area (Å²) in [4.78, 5) is 15.8. The predicted octanol–water partition coefficient (Wildman–Crippen LogP) is 4.37. The van der Waals surface area contributed by atoms with E-state index in [1.165, 1.54) is 12.5 Å². The highest BCUT2D eigenvalue weighted by Gasteiger charge is 2.32. The Morgan fingerprint density at radius 3 is 2.33 bits per heavy atom. The van der Waals surface area contributed by atoms with Crippen LogP contribution in [0.5, 0.6) is 11.5 Å². The molecule has 2 fully saturated rings. The Kier molecular flexibility index (Phi) is 10.0. The quantitative estimate of drug-likeness (QED) is 0.411. The second kappa shape index (κ2) is 13.3. The number of Topliss-reactive ketones (excluding diaryl/α,β-unsaturated/α-hetero) is 1. The molecule has 1 N–H and O–H groups in total. The number of hydrogen-bond donors (Lipinski definition) is 1. The first-order valence-corrected chi connectivity index (χ1v) is 15.5. The molecular weight excluding hydrogens is 514 g/mol. The van der Waals surface area contributed by atoms with E-state index in [4.69, 9.17) is 9.47 Å². The highest BCUT2D eigenvalue weighted by molar-refractivity contribution is 7.89. The van der Waals surface area contributed by atoms with E-state index in [1.807, 2.05) is 12.1 Å². The van der Waals surface area contributed by atoms with Gasteiger partial charge in [0.15, 0.2) is 17.3 Å². The van der Waals surface area contributed by atoms with Crippen LogP contribution in [-0.4, -0.2) is 76.9 Å². The van der Waals surface area contributed by atoms with Gasteiger partial charge in [-0.25, -0.2) is 8.42 Å². The van der Waals surface area contributed by atoms with E-state index in [9.17, 15) is 13.2 Å². The summed E-state index contributed by atoms with van der Waals surface area (Å²) < 4.78 is 39.2. The van der Waals surface area contributed by atoms with Crippen molar-refractivity contribution in [3.8, 4) is 11.5 Å². The maximum atomic E-state index is 13.4. The van der Waals surface area contributed by atoms with E-state index in [1.54, 1.807) is 36.7 Å². The number of carbonyl (C=O) groups is 1. The number of nitrogens with zero attached hydrogens (tertiary/aromatic N) is 2. The molecule has 9 heteroatoms. The molecule has 39 heavy (non-hydrogen) atoms. The minimum atomic E-state index is -3.65. The average Bonchev–Trinajstić information content (AvgIpc) is 2.95. The Morgan fingerprint density at radius 1 is 0.974 bits per heavy atom. The van der Waals surface area contributed by atoms with Gasteiger partial charge in [0.1, 0.15) is 0 Å². The Morgan fingerprint density at radius 2 is 1.67 bits per heavy atom. The number of methoxy groups -OCH3 is 2. The van der Waals surface area contributed by atoms with Crippen LogP contribution in [0.15, 0.2) is 47.4 Å². The maximum Gasteiger partial charge on any atom is 0.243 e. The Balaban J connectivity index is 1.45. The molecule has 0 aromatic heterocycles. The lowest BCUT2D eigenvalue weighted by atomic mass is 9.94. The van der Waals surface area contributed by atoms with Crippen LogP contribution in [0.3, 0.4) is 0 Å². The summed E-state index contributed by atoms with van der Waals surface area (Å²) in [5.41, 5.74) is 1.51. The van der Waals surface area contributed by atoms with E-state index in [-0.39, 0.29) is 23.3 Å². The Labute approximate surface area is 233 Å². The zero-order valence-electron chi connectivity index (χ0n) is 23.7. The molecule has 2 aromatic rings. The van der Waals surface area contributed by atoms with Crippen molar-refractivity contribution in [2.75, 3.05) is 53.5 Å². The van der Waals surface area contributed by atoms with Crippen LogP contribution in [0.25, 0.3) is 0 Å². The minimum absolute atomic E-state index is 0.0766. The zero-order chi connectivity index (χ0) is 28.0. The van der Waals surface area contributed by atoms with Crippen LogP contribution in [-0.2, 0) is 10.0 Å². The third-order valence-electron chi connectivity index (χ3n) is 7.88. The van der Waals surface area contributed by atoms with Crippen molar-refractivity contribution >= 4 is 15.8 Å². The molecule has 2 aromatic carbocycles. The van der Waals surface area contributed by atoms with E-state index in [0.717, 1.165) is 37.9 Å².